The number of para-hydroxylation sites is 1. The number of thiazole rings is 1. The van der Waals surface area contributed by atoms with Crippen LogP contribution in [0.15, 0.2) is 29.6 Å². The molecule has 1 heterocycles. The third-order valence-corrected chi connectivity index (χ3v) is 4.18. The molecular weight excluding hydrogens is 358 g/mol. The van der Waals surface area contributed by atoms with Gasteiger partial charge in [-0.2, -0.15) is 0 Å². The fourth-order valence-corrected chi connectivity index (χ4v) is 2.86. The van der Waals surface area contributed by atoms with Crippen LogP contribution >= 0.6 is 11.3 Å². The lowest BCUT2D eigenvalue weighted by molar-refractivity contribution is -0.120. The van der Waals surface area contributed by atoms with Crippen molar-refractivity contribution in [2.45, 2.75) is 13.3 Å². The molecule has 0 spiro atoms. The topological polar surface area (TPSA) is 118 Å². The second kappa shape index (κ2) is 9.52. The molecule has 0 aliphatic rings. The van der Waals surface area contributed by atoms with Gasteiger partial charge in [-0.05, 0) is 19.1 Å². The monoisotopic (exact) mass is 377 g/mol. The lowest BCUT2D eigenvalue weighted by Gasteiger charge is -2.10. The van der Waals surface area contributed by atoms with Crippen LogP contribution in [-0.4, -0.2) is 47.6 Å². The Kier molecular flexibility index (Phi) is 7.10. The molecule has 8 nitrogen and oxygen atoms in total. The largest absolute Gasteiger partial charge is 0.493 e. The summed E-state index contributed by atoms with van der Waals surface area (Å²) < 4.78 is 5.39. The molecule has 0 radical (unpaired) electrons. The van der Waals surface area contributed by atoms with E-state index in [0.29, 0.717) is 35.9 Å². The average Bonchev–Trinajstić information content (AvgIpc) is 3.10. The van der Waals surface area contributed by atoms with Crippen LogP contribution in [0, 0.1) is 0 Å². The van der Waals surface area contributed by atoms with Gasteiger partial charge in [0.25, 0.3) is 5.91 Å². The maximum absolute atomic E-state index is 12.2. The van der Waals surface area contributed by atoms with E-state index in [9.17, 15) is 14.4 Å². The first-order chi connectivity index (χ1) is 12.5. The third kappa shape index (κ3) is 5.55. The van der Waals surface area contributed by atoms with Crippen LogP contribution < -0.4 is 15.4 Å². The average molecular weight is 377 g/mol. The molecule has 2 rings (SSSR count). The predicted molar refractivity (Wildman–Crippen MR) is 95.7 cm³/mol. The van der Waals surface area contributed by atoms with E-state index in [4.69, 9.17) is 9.84 Å². The van der Waals surface area contributed by atoms with E-state index in [1.54, 1.807) is 24.3 Å². The number of rotatable bonds is 9. The van der Waals surface area contributed by atoms with E-state index >= 15 is 0 Å². The predicted octanol–water partition coefficient (Wildman–Crippen LogP) is 1.33. The van der Waals surface area contributed by atoms with E-state index in [2.05, 4.69) is 15.6 Å². The van der Waals surface area contributed by atoms with Crippen molar-refractivity contribution in [2.24, 2.45) is 0 Å². The Hall–Kier alpha value is -2.94. The number of ether oxygens (including phenoxy) is 1. The Bertz CT molecular complexity index is 790. The van der Waals surface area contributed by atoms with E-state index < -0.39 is 11.9 Å². The minimum Gasteiger partial charge on any atom is -0.493 e. The number of hydrogen-bond donors (Lipinski definition) is 3. The summed E-state index contributed by atoms with van der Waals surface area (Å²) in [6.07, 6.45) is 0.421. The first-order valence-corrected chi connectivity index (χ1v) is 8.83. The summed E-state index contributed by atoms with van der Waals surface area (Å²) >= 11 is 1.22. The highest BCUT2D eigenvalue weighted by atomic mass is 32.1. The number of carbonyl (C=O) groups excluding carboxylic acids is 2. The quantitative estimate of drug-likeness (QED) is 0.607. The molecule has 2 aromatic rings. The standard InChI is InChI=1S/C17H19N3O5S/c1-2-25-13-6-4-3-5-11(13)16(22)19-9-14(21)18-8-7-15-20-12(10-26-15)17(23)24/h3-6,10H,2,7-9H2,1H3,(H,18,21)(H,19,22)(H,23,24). The number of carboxylic acid groups (broad SMARTS) is 1. The highest BCUT2D eigenvalue weighted by Crippen LogP contribution is 2.17. The van der Waals surface area contributed by atoms with Crippen molar-refractivity contribution in [3.05, 3.63) is 45.9 Å². The molecule has 0 saturated carbocycles. The van der Waals surface area contributed by atoms with E-state index in [1.165, 1.54) is 16.7 Å². The molecule has 26 heavy (non-hydrogen) atoms. The number of hydrogen-bond acceptors (Lipinski definition) is 6. The maximum atomic E-state index is 12.2. The normalized spacial score (nSPS) is 10.2. The van der Waals surface area contributed by atoms with Crippen LogP contribution in [0.2, 0.25) is 0 Å². The first kappa shape index (κ1) is 19.4. The summed E-state index contributed by atoms with van der Waals surface area (Å²) in [4.78, 5) is 38.7. The molecule has 1 aromatic heterocycles. The molecule has 0 aliphatic heterocycles. The lowest BCUT2D eigenvalue weighted by Crippen LogP contribution is -2.37. The Morgan fingerprint density at radius 3 is 2.69 bits per heavy atom. The minimum absolute atomic E-state index is 0.00319. The fourth-order valence-electron chi connectivity index (χ4n) is 2.09. The van der Waals surface area contributed by atoms with Crippen LogP contribution in [0.1, 0.15) is 32.8 Å². The molecule has 0 aliphatic carbocycles. The Morgan fingerprint density at radius 1 is 1.23 bits per heavy atom. The number of amides is 2. The molecule has 2 amide bonds. The van der Waals surface area contributed by atoms with Gasteiger partial charge in [-0.1, -0.05) is 12.1 Å². The number of carbonyl (C=O) groups is 3. The van der Waals surface area contributed by atoms with Crippen LogP contribution in [0.3, 0.4) is 0 Å². The Morgan fingerprint density at radius 2 is 2.00 bits per heavy atom. The van der Waals surface area contributed by atoms with E-state index in [1.807, 2.05) is 6.92 Å². The lowest BCUT2D eigenvalue weighted by atomic mass is 10.2. The van der Waals surface area contributed by atoms with Gasteiger partial charge >= 0.3 is 5.97 Å². The number of benzene rings is 1. The van der Waals surface area contributed by atoms with E-state index in [0.717, 1.165) is 0 Å². The molecule has 138 valence electrons. The number of nitrogens with one attached hydrogen (secondary N) is 2. The zero-order valence-electron chi connectivity index (χ0n) is 14.2. The zero-order chi connectivity index (χ0) is 18.9. The molecule has 1 aromatic carbocycles. The van der Waals surface area contributed by atoms with Crippen molar-refractivity contribution in [3.63, 3.8) is 0 Å². The summed E-state index contributed by atoms with van der Waals surface area (Å²) in [7, 11) is 0. The number of carboxylic acids is 1. The molecule has 3 N–H and O–H groups in total. The van der Waals surface area contributed by atoms with Gasteiger partial charge in [0.05, 0.1) is 23.7 Å². The zero-order valence-corrected chi connectivity index (χ0v) is 15.0. The smallest absolute Gasteiger partial charge is 0.355 e. The molecule has 0 bridgehead atoms. The van der Waals surface area contributed by atoms with Gasteiger partial charge in [0.15, 0.2) is 5.69 Å². The van der Waals surface area contributed by atoms with Gasteiger partial charge in [0.2, 0.25) is 5.91 Å². The number of aromatic carboxylic acids is 1. The summed E-state index contributed by atoms with van der Waals surface area (Å²) in [5.74, 6) is -1.35. The van der Waals surface area contributed by atoms with Crippen LogP contribution in [0.25, 0.3) is 0 Å². The van der Waals surface area contributed by atoms with Gasteiger partial charge in [0.1, 0.15) is 5.75 Å². The van der Waals surface area contributed by atoms with Crippen LogP contribution in [0.5, 0.6) is 5.75 Å². The molecule has 0 atom stereocenters. The molecule has 0 saturated heterocycles. The molecular formula is C17H19N3O5S. The second-order valence-corrected chi connectivity index (χ2v) is 6.09. The van der Waals surface area contributed by atoms with Crippen LogP contribution in [-0.2, 0) is 11.2 Å². The van der Waals surface area contributed by atoms with Crippen molar-refractivity contribution < 1.29 is 24.2 Å². The number of nitrogens with zero attached hydrogens (tertiary/aromatic N) is 1. The van der Waals surface area contributed by atoms with Gasteiger partial charge < -0.3 is 20.5 Å². The van der Waals surface area contributed by atoms with Gasteiger partial charge in [-0.25, -0.2) is 9.78 Å². The third-order valence-electron chi connectivity index (χ3n) is 3.27. The number of aromatic nitrogens is 1. The van der Waals surface area contributed by atoms with Gasteiger partial charge in [-0.15, -0.1) is 11.3 Å². The summed E-state index contributed by atoms with van der Waals surface area (Å²) in [6, 6.07) is 6.80. The maximum Gasteiger partial charge on any atom is 0.355 e. The van der Waals surface area contributed by atoms with Crippen molar-refractivity contribution in [3.8, 4) is 5.75 Å². The molecule has 0 fully saturated rings. The van der Waals surface area contributed by atoms with E-state index in [-0.39, 0.29) is 18.1 Å². The highest BCUT2D eigenvalue weighted by molar-refractivity contribution is 7.09. The SMILES string of the molecule is CCOc1ccccc1C(=O)NCC(=O)NCCc1nc(C(=O)O)cs1. The molecule has 0 unspecified atom stereocenters. The first-order valence-electron chi connectivity index (χ1n) is 7.95. The van der Waals surface area contributed by atoms with Gasteiger partial charge in [-0.3, -0.25) is 9.59 Å². The van der Waals surface area contributed by atoms with Crippen molar-refractivity contribution >= 4 is 29.1 Å². The summed E-state index contributed by atoms with van der Waals surface area (Å²) in [6.45, 7) is 2.39. The molecule has 9 heteroatoms. The minimum atomic E-state index is -1.08. The van der Waals surface area contributed by atoms with Crippen molar-refractivity contribution in [2.75, 3.05) is 19.7 Å². The summed E-state index contributed by atoms with van der Waals surface area (Å²) in [5, 5.41) is 16.1. The second-order valence-electron chi connectivity index (χ2n) is 5.14. The fraction of sp³-hybridized carbons (Fsp3) is 0.294. The Labute approximate surface area is 154 Å². The van der Waals surface area contributed by atoms with Crippen molar-refractivity contribution in [1.82, 2.24) is 15.6 Å². The van der Waals surface area contributed by atoms with Gasteiger partial charge in [0, 0.05) is 18.3 Å². The highest BCUT2D eigenvalue weighted by Gasteiger charge is 2.13. The summed E-state index contributed by atoms with van der Waals surface area (Å²) in [5.41, 5.74) is 0.364. The van der Waals surface area contributed by atoms with Crippen LogP contribution in [0.4, 0.5) is 0 Å². The Balaban J connectivity index is 1.76. The van der Waals surface area contributed by atoms with Crippen molar-refractivity contribution in [1.29, 1.82) is 0 Å².